The lowest BCUT2D eigenvalue weighted by molar-refractivity contribution is -0.139. The molecule has 6 heteroatoms. The highest BCUT2D eigenvalue weighted by atomic mass is 127. The summed E-state index contributed by atoms with van der Waals surface area (Å²) in [5, 5.41) is 0. The summed E-state index contributed by atoms with van der Waals surface area (Å²) >= 11 is 3.18. The number of esters is 1. The van der Waals surface area contributed by atoms with Gasteiger partial charge in [0, 0.05) is 14.0 Å². The Balaban J connectivity index is 2.23. The van der Waals surface area contributed by atoms with Crippen molar-refractivity contribution in [3.05, 3.63) is 55.0 Å². The lowest BCUT2D eigenvalue weighted by Gasteiger charge is -2.01. The summed E-state index contributed by atoms with van der Waals surface area (Å²) in [6.07, 6.45) is 0.148. The maximum absolute atomic E-state index is 13.0. The van der Waals surface area contributed by atoms with Gasteiger partial charge in [-0.05, 0) is 52.9 Å². The third kappa shape index (κ3) is 3.43. The predicted octanol–water partition coefficient (Wildman–Crippen LogP) is 3.44. The van der Waals surface area contributed by atoms with Gasteiger partial charge in [0.15, 0.2) is 0 Å². The Kier molecular flexibility index (Phi) is 4.87. The number of ketones is 1. The number of carbonyl (C=O) groups is 2. The van der Waals surface area contributed by atoms with Crippen molar-refractivity contribution in [2.75, 3.05) is 7.11 Å². The van der Waals surface area contributed by atoms with E-state index in [2.05, 4.69) is 4.74 Å². The summed E-state index contributed by atoms with van der Waals surface area (Å²) in [5.74, 6) is -0.888. The molecule has 0 aliphatic rings. The number of thiophene rings is 1. The molecule has 0 N–H and O–H groups in total. The maximum atomic E-state index is 13.0. The second-order valence-corrected chi connectivity index (χ2v) is 6.30. The van der Waals surface area contributed by atoms with Crippen LogP contribution in [-0.2, 0) is 16.0 Å². The standard InChI is InChI=1S/C14H10FIO3S/c1-19-13(17)7-9-3-5-12(20-9)14(18)10-4-2-8(15)6-11(10)16/h2-6H,7H2,1H3. The number of methoxy groups -OCH3 is 1. The fraction of sp³-hybridized carbons (Fsp3) is 0.143. The van der Waals surface area contributed by atoms with Gasteiger partial charge >= 0.3 is 5.97 Å². The Morgan fingerprint density at radius 3 is 2.70 bits per heavy atom. The fourth-order valence-corrected chi connectivity index (χ4v) is 3.29. The quantitative estimate of drug-likeness (QED) is 0.446. The van der Waals surface area contributed by atoms with E-state index in [9.17, 15) is 14.0 Å². The van der Waals surface area contributed by atoms with E-state index >= 15 is 0 Å². The molecule has 0 bridgehead atoms. The number of ether oxygens (including phenoxy) is 1. The first-order valence-electron chi connectivity index (χ1n) is 5.66. The van der Waals surface area contributed by atoms with Gasteiger partial charge in [-0.15, -0.1) is 11.3 Å². The van der Waals surface area contributed by atoms with Crippen LogP contribution in [0, 0.1) is 9.39 Å². The molecule has 0 atom stereocenters. The van der Waals surface area contributed by atoms with Crippen molar-refractivity contribution in [1.29, 1.82) is 0 Å². The molecule has 2 aromatic rings. The molecule has 1 aromatic carbocycles. The van der Waals surface area contributed by atoms with Crippen LogP contribution in [-0.4, -0.2) is 18.9 Å². The van der Waals surface area contributed by atoms with E-state index in [0.29, 0.717) is 14.0 Å². The van der Waals surface area contributed by atoms with Crippen molar-refractivity contribution < 1.29 is 18.7 Å². The van der Waals surface area contributed by atoms with Gasteiger partial charge < -0.3 is 4.74 Å². The van der Waals surface area contributed by atoms with Crippen molar-refractivity contribution >= 4 is 45.7 Å². The van der Waals surface area contributed by atoms with Crippen molar-refractivity contribution in [2.24, 2.45) is 0 Å². The lowest BCUT2D eigenvalue weighted by atomic mass is 10.1. The van der Waals surface area contributed by atoms with Gasteiger partial charge in [-0.2, -0.15) is 0 Å². The van der Waals surface area contributed by atoms with Crippen LogP contribution in [0.3, 0.4) is 0 Å². The first-order chi connectivity index (χ1) is 9.51. The highest BCUT2D eigenvalue weighted by Crippen LogP contribution is 2.23. The highest BCUT2D eigenvalue weighted by molar-refractivity contribution is 14.1. The highest BCUT2D eigenvalue weighted by Gasteiger charge is 2.16. The van der Waals surface area contributed by atoms with Crippen molar-refractivity contribution in [1.82, 2.24) is 0 Å². The largest absolute Gasteiger partial charge is 0.469 e. The summed E-state index contributed by atoms with van der Waals surface area (Å²) in [4.78, 5) is 24.8. The van der Waals surface area contributed by atoms with Crippen LogP contribution in [0.15, 0.2) is 30.3 Å². The van der Waals surface area contributed by atoms with Gasteiger partial charge in [0.25, 0.3) is 0 Å². The van der Waals surface area contributed by atoms with Crippen LogP contribution in [0.5, 0.6) is 0 Å². The molecule has 0 aliphatic carbocycles. The molecule has 20 heavy (non-hydrogen) atoms. The van der Waals surface area contributed by atoms with Gasteiger partial charge in [0.2, 0.25) is 5.78 Å². The van der Waals surface area contributed by atoms with Crippen molar-refractivity contribution in [3.63, 3.8) is 0 Å². The number of carbonyl (C=O) groups excluding carboxylic acids is 2. The zero-order chi connectivity index (χ0) is 14.7. The van der Waals surface area contributed by atoms with E-state index in [1.807, 2.05) is 22.6 Å². The second kappa shape index (κ2) is 6.45. The Labute approximate surface area is 132 Å². The van der Waals surface area contributed by atoms with Gasteiger partial charge in [0.05, 0.1) is 18.4 Å². The zero-order valence-corrected chi connectivity index (χ0v) is 13.5. The minimum atomic E-state index is -0.372. The molecule has 0 aliphatic heterocycles. The number of hydrogen-bond donors (Lipinski definition) is 0. The number of halogens is 2. The molecule has 0 radical (unpaired) electrons. The van der Waals surface area contributed by atoms with Crippen LogP contribution < -0.4 is 0 Å². The van der Waals surface area contributed by atoms with Gasteiger partial charge in [0.1, 0.15) is 5.82 Å². The number of hydrogen-bond acceptors (Lipinski definition) is 4. The fourth-order valence-electron chi connectivity index (χ4n) is 1.62. The third-order valence-electron chi connectivity index (χ3n) is 2.61. The molecule has 0 amide bonds. The normalized spacial score (nSPS) is 10.3. The predicted molar refractivity (Wildman–Crippen MR) is 82.6 cm³/mol. The van der Waals surface area contributed by atoms with E-state index in [-0.39, 0.29) is 24.0 Å². The SMILES string of the molecule is COC(=O)Cc1ccc(C(=O)c2ccc(F)cc2I)s1. The topological polar surface area (TPSA) is 43.4 Å². The Morgan fingerprint density at radius 1 is 1.30 bits per heavy atom. The second-order valence-electron chi connectivity index (χ2n) is 3.97. The van der Waals surface area contributed by atoms with E-state index < -0.39 is 0 Å². The van der Waals surface area contributed by atoms with Crippen molar-refractivity contribution in [3.8, 4) is 0 Å². The summed E-state index contributed by atoms with van der Waals surface area (Å²) < 4.78 is 18.2. The molecule has 3 nitrogen and oxygen atoms in total. The Morgan fingerprint density at radius 2 is 2.05 bits per heavy atom. The van der Waals surface area contributed by atoms with E-state index in [0.717, 1.165) is 4.88 Å². The van der Waals surface area contributed by atoms with Crippen LogP contribution in [0.1, 0.15) is 20.1 Å². The summed E-state index contributed by atoms with van der Waals surface area (Å²) in [6.45, 7) is 0. The molecule has 0 saturated carbocycles. The van der Waals surface area contributed by atoms with Gasteiger partial charge in [-0.25, -0.2) is 4.39 Å². The monoisotopic (exact) mass is 404 g/mol. The molecular weight excluding hydrogens is 394 g/mol. The van der Waals surface area contributed by atoms with Gasteiger partial charge in [-0.3, -0.25) is 9.59 Å². The lowest BCUT2D eigenvalue weighted by Crippen LogP contribution is -2.03. The van der Waals surface area contributed by atoms with E-state index in [4.69, 9.17) is 0 Å². The average molecular weight is 404 g/mol. The Bertz CT molecular complexity index is 666. The summed E-state index contributed by atoms with van der Waals surface area (Å²) in [7, 11) is 1.32. The smallest absolute Gasteiger partial charge is 0.310 e. The van der Waals surface area contributed by atoms with E-state index in [1.165, 1.54) is 36.6 Å². The van der Waals surface area contributed by atoms with Crippen LogP contribution in [0.2, 0.25) is 0 Å². The first kappa shape index (κ1) is 15.1. The molecule has 0 spiro atoms. The van der Waals surface area contributed by atoms with Crippen LogP contribution in [0.25, 0.3) is 0 Å². The van der Waals surface area contributed by atoms with Crippen LogP contribution >= 0.6 is 33.9 Å². The Hall–Kier alpha value is -1.28. The minimum Gasteiger partial charge on any atom is -0.469 e. The molecule has 0 unspecified atom stereocenters. The first-order valence-corrected chi connectivity index (χ1v) is 7.56. The molecular formula is C14H10FIO3S. The minimum absolute atomic E-state index is 0.148. The number of benzene rings is 1. The summed E-state index contributed by atoms with van der Waals surface area (Å²) in [6, 6.07) is 7.45. The molecule has 0 fully saturated rings. The summed E-state index contributed by atoms with van der Waals surface area (Å²) in [5.41, 5.74) is 0.457. The third-order valence-corrected chi connectivity index (χ3v) is 4.58. The average Bonchev–Trinajstić information content (AvgIpc) is 2.86. The van der Waals surface area contributed by atoms with E-state index in [1.54, 1.807) is 12.1 Å². The molecule has 104 valence electrons. The van der Waals surface area contributed by atoms with Crippen molar-refractivity contribution in [2.45, 2.75) is 6.42 Å². The number of rotatable bonds is 4. The van der Waals surface area contributed by atoms with Gasteiger partial charge in [-0.1, -0.05) is 0 Å². The zero-order valence-electron chi connectivity index (χ0n) is 10.5. The maximum Gasteiger partial charge on any atom is 0.310 e. The van der Waals surface area contributed by atoms with Crippen LogP contribution in [0.4, 0.5) is 4.39 Å². The molecule has 0 saturated heterocycles. The molecule has 2 rings (SSSR count). The molecule has 1 aromatic heterocycles. The molecule has 1 heterocycles.